The van der Waals surface area contributed by atoms with Crippen molar-refractivity contribution in [3.8, 4) is 11.5 Å². The Morgan fingerprint density at radius 3 is 2.47 bits per heavy atom. The fourth-order valence-corrected chi connectivity index (χ4v) is 4.63. The molecule has 2 aromatic carbocycles. The second kappa shape index (κ2) is 11.6. The largest absolute Gasteiger partial charge is 0.497 e. The Morgan fingerprint density at radius 1 is 1.03 bits per heavy atom. The molecule has 3 aromatic rings. The molecule has 0 spiro atoms. The summed E-state index contributed by atoms with van der Waals surface area (Å²) in [6.45, 7) is 0. The van der Waals surface area contributed by atoms with E-state index in [1.165, 1.54) is 16.9 Å². The van der Waals surface area contributed by atoms with E-state index in [4.69, 9.17) is 9.47 Å². The van der Waals surface area contributed by atoms with Crippen molar-refractivity contribution >= 4 is 34.1 Å². The van der Waals surface area contributed by atoms with Crippen molar-refractivity contribution in [2.45, 2.75) is 30.8 Å². The minimum atomic E-state index is 0.0166. The standard InChI is InChI=1S/C23H26N2O3S2/c1-27-20-11-18(12-21(13-20)28-2)14-29-15-19-16-30-23(24-19)25-22(26)10-6-9-17-7-4-3-5-8-17/h3-5,7-8,11-13,16H,6,9-10,14-15H2,1-2H3,(H,24,25,26). The maximum absolute atomic E-state index is 12.2. The monoisotopic (exact) mass is 442 g/mol. The van der Waals surface area contributed by atoms with Crippen molar-refractivity contribution in [2.75, 3.05) is 19.5 Å². The van der Waals surface area contributed by atoms with E-state index in [1.54, 1.807) is 26.0 Å². The first-order valence-electron chi connectivity index (χ1n) is 9.74. The van der Waals surface area contributed by atoms with Gasteiger partial charge in [0.25, 0.3) is 0 Å². The van der Waals surface area contributed by atoms with Gasteiger partial charge in [0.2, 0.25) is 5.91 Å². The molecule has 0 aliphatic carbocycles. The molecule has 0 bridgehead atoms. The number of carbonyl (C=O) groups is 1. The Hall–Kier alpha value is -2.51. The van der Waals surface area contributed by atoms with Gasteiger partial charge in [-0.1, -0.05) is 30.3 Å². The van der Waals surface area contributed by atoms with E-state index in [0.717, 1.165) is 47.1 Å². The van der Waals surface area contributed by atoms with E-state index >= 15 is 0 Å². The van der Waals surface area contributed by atoms with Crippen molar-refractivity contribution in [1.29, 1.82) is 0 Å². The molecule has 1 aromatic heterocycles. The molecule has 1 amide bonds. The van der Waals surface area contributed by atoms with Gasteiger partial charge in [-0.2, -0.15) is 11.8 Å². The summed E-state index contributed by atoms with van der Waals surface area (Å²) in [7, 11) is 3.30. The molecule has 3 rings (SSSR count). The average molecular weight is 443 g/mol. The minimum absolute atomic E-state index is 0.0166. The van der Waals surface area contributed by atoms with Crippen LogP contribution in [-0.2, 0) is 22.7 Å². The molecule has 0 aliphatic heterocycles. The fourth-order valence-electron chi connectivity index (χ4n) is 2.93. The third kappa shape index (κ3) is 7.07. The zero-order valence-electron chi connectivity index (χ0n) is 17.2. The molecule has 7 heteroatoms. The number of carbonyl (C=O) groups excluding carboxylic acids is 1. The molecule has 5 nitrogen and oxygen atoms in total. The van der Waals surface area contributed by atoms with Crippen LogP contribution in [-0.4, -0.2) is 25.1 Å². The first-order chi connectivity index (χ1) is 14.7. The van der Waals surface area contributed by atoms with Crippen molar-refractivity contribution in [1.82, 2.24) is 4.98 Å². The minimum Gasteiger partial charge on any atom is -0.497 e. The van der Waals surface area contributed by atoms with Crippen molar-refractivity contribution in [2.24, 2.45) is 0 Å². The third-order valence-corrected chi connectivity index (χ3v) is 6.28. The molecule has 0 fully saturated rings. The number of rotatable bonds is 11. The number of aromatic nitrogens is 1. The molecule has 30 heavy (non-hydrogen) atoms. The van der Waals surface area contributed by atoms with Crippen LogP contribution < -0.4 is 14.8 Å². The van der Waals surface area contributed by atoms with Gasteiger partial charge in [0.1, 0.15) is 11.5 Å². The molecule has 158 valence electrons. The lowest BCUT2D eigenvalue weighted by molar-refractivity contribution is -0.116. The SMILES string of the molecule is COc1cc(CSCc2csc(NC(=O)CCCc3ccccc3)n2)cc(OC)c1. The van der Waals surface area contributed by atoms with Crippen LogP contribution in [0.4, 0.5) is 5.13 Å². The molecule has 0 unspecified atom stereocenters. The van der Waals surface area contributed by atoms with Crippen LogP contribution in [0.3, 0.4) is 0 Å². The van der Waals surface area contributed by atoms with Gasteiger partial charge in [-0.15, -0.1) is 11.3 Å². The summed E-state index contributed by atoms with van der Waals surface area (Å²) in [5, 5.41) is 5.58. The van der Waals surface area contributed by atoms with Gasteiger partial charge in [-0.25, -0.2) is 4.98 Å². The van der Waals surface area contributed by atoms with Gasteiger partial charge in [0.05, 0.1) is 19.9 Å². The first-order valence-corrected chi connectivity index (χ1v) is 11.8. The van der Waals surface area contributed by atoms with Gasteiger partial charge in [0, 0.05) is 29.4 Å². The van der Waals surface area contributed by atoms with Crippen molar-refractivity contribution < 1.29 is 14.3 Å². The number of benzene rings is 2. The molecular weight excluding hydrogens is 416 g/mol. The Bertz CT molecular complexity index is 922. The maximum Gasteiger partial charge on any atom is 0.226 e. The normalized spacial score (nSPS) is 10.6. The van der Waals surface area contributed by atoms with Crippen LogP contribution in [0.15, 0.2) is 53.9 Å². The maximum atomic E-state index is 12.2. The second-order valence-corrected chi connectivity index (χ2v) is 8.59. The lowest BCUT2D eigenvalue weighted by atomic mass is 10.1. The molecule has 1 heterocycles. The van der Waals surface area contributed by atoms with E-state index in [-0.39, 0.29) is 5.91 Å². The number of thiazole rings is 1. The summed E-state index contributed by atoms with van der Waals surface area (Å²) in [6, 6.07) is 16.1. The van der Waals surface area contributed by atoms with Gasteiger partial charge >= 0.3 is 0 Å². The van der Waals surface area contributed by atoms with Crippen molar-refractivity contribution in [3.63, 3.8) is 0 Å². The van der Waals surface area contributed by atoms with Crippen LogP contribution in [0.2, 0.25) is 0 Å². The van der Waals surface area contributed by atoms with Gasteiger partial charge in [-0.05, 0) is 36.1 Å². The Morgan fingerprint density at radius 2 is 1.77 bits per heavy atom. The van der Waals surface area contributed by atoms with Crippen LogP contribution in [0, 0.1) is 0 Å². The number of hydrogen-bond donors (Lipinski definition) is 1. The Kier molecular flexibility index (Phi) is 8.59. The fraction of sp³-hybridized carbons (Fsp3) is 0.304. The average Bonchev–Trinajstić information content (AvgIpc) is 3.21. The van der Waals surface area contributed by atoms with Crippen LogP contribution >= 0.6 is 23.1 Å². The number of methoxy groups -OCH3 is 2. The lowest BCUT2D eigenvalue weighted by Gasteiger charge is -2.08. The summed E-state index contributed by atoms with van der Waals surface area (Å²) >= 11 is 3.23. The Balaban J connectivity index is 1.41. The van der Waals surface area contributed by atoms with Gasteiger partial charge in [0.15, 0.2) is 5.13 Å². The predicted octanol–water partition coefficient (Wildman–Crippen LogP) is 5.56. The number of nitrogens with one attached hydrogen (secondary N) is 1. The number of amides is 1. The highest BCUT2D eigenvalue weighted by molar-refractivity contribution is 7.97. The lowest BCUT2D eigenvalue weighted by Crippen LogP contribution is -2.11. The van der Waals surface area contributed by atoms with Gasteiger partial charge in [-0.3, -0.25) is 4.79 Å². The smallest absolute Gasteiger partial charge is 0.226 e. The van der Waals surface area contributed by atoms with Crippen LogP contribution in [0.1, 0.15) is 29.7 Å². The number of ether oxygens (including phenoxy) is 2. The summed E-state index contributed by atoms with van der Waals surface area (Å²) in [4.78, 5) is 16.7. The zero-order chi connectivity index (χ0) is 21.2. The molecule has 0 saturated carbocycles. The summed E-state index contributed by atoms with van der Waals surface area (Å²) in [5.41, 5.74) is 3.37. The van der Waals surface area contributed by atoms with E-state index in [2.05, 4.69) is 22.4 Å². The highest BCUT2D eigenvalue weighted by Gasteiger charge is 2.08. The van der Waals surface area contributed by atoms with Crippen LogP contribution in [0.5, 0.6) is 11.5 Å². The molecule has 0 aliphatic rings. The Labute approximate surface area is 185 Å². The predicted molar refractivity (Wildman–Crippen MR) is 125 cm³/mol. The number of nitrogens with zero attached hydrogens (tertiary/aromatic N) is 1. The number of hydrogen-bond acceptors (Lipinski definition) is 6. The molecule has 0 atom stereocenters. The van der Waals surface area contributed by atoms with Crippen molar-refractivity contribution in [3.05, 3.63) is 70.7 Å². The summed E-state index contributed by atoms with van der Waals surface area (Å²) in [6.07, 6.45) is 2.23. The third-order valence-electron chi connectivity index (χ3n) is 4.44. The summed E-state index contributed by atoms with van der Waals surface area (Å²) in [5.74, 6) is 3.20. The number of aryl methyl sites for hydroxylation is 1. The van der Waals surface area contributed by atoms with Crippen LogP contribution in [0.25, 0.3) is 0 Å². The molecule has 0 saturated heterocycles. The first kappa shape index (κ1) is 22.2. The molecule has 1 N–H and O–H groups in total. The topological polar surface area (TPSA) is 60.5 Å². The van der Waals surface area contributed by atoms with E-state index < -0.39 is 0 Å². The number of thioether (sulfide) groups is 1. The second-order valence-electron chi connectivity index (χ2n) is 6.75. The number of anilines is 1. The quantitative estimate of drug-likeness (QED) is 0.422. The van der Waals surface area contributed by atoms with E-state index in [0.29, 0.717) is 11.6 Å². The van der Waals surface area contributed by atoms with Gasteiger partial charge < -0.3 is 14.8 Å². The highest BCUT2D eigenvalue weighted by atomic mass is 32.2. The van der Waals surface area contributed by atoms with E-state index in [9.17, 15) is 4.79 Å². The van der Waals surface area contributed by atoms with E-state index in [1.807, 2.05) is 41.8 Å². The zero-order valence-corrected chi connectivity index (χ0v) is 18.9. The molecular formula is C23H26N2O3S2. The molecule has 0 radical (unpaired) electrons. The summed E-state index contributed by atoms with van der Waals surface area (Å²) < 4.78 is 10.6. The highest BCUT2D eigenvalue weighted by Crippen LogP contribution is 2.27.